The molecule has 0 aliphatic carbocycles. The Morgan fingerprint density at radius 2 is 2.08 bits per heavy atom. The van der Waals surface area contributed by atoms with Crippen LogP contribution in [0.15, 0.2) is 60.9 Å². The molecule has 1 amide bonds. The molecular formula is C20H20FN3O2. The minimum Gasteiger partial charge on any atom is -0.497 e. The fourth-order valence-corrected chi connectivity index (χ4v) is 2.82. The van der Waals surface area contributed by atoms with Crippen molar-refractivity contribution in [1.29, 1.82) is 0 Å². The molecule has 0 aliphatic heterocycles. The molecule has 3 rings (SSSR count). The molecule has 1 N–H and O–H groups in total. The molecule has 3 aromatic rings. The van der Waals surface area contributed by atoms with Crippen LogP contribution in [0.25, 0.3) is 0 Å². The van der Waals surface area contributed by atoms with Gasteiger partial charge in [-0.2, -0.15) is 0 Å². The number of hydrogen-bond acceptors (Lipinski definition) is 3. The van der Waals surface area contributed by atoms with Gasteiger partial charge in [0.25, 0.3) is 0 Å². The van der Waals surface area contributed by atoms with Crippen molar-refractivity contribution >= 4 is 5.91 Å². The molecule has 6 heteroatoms. The molecular weight excluding hydrogens is 333 g/mol. The number of halogens is 1. The minimum atomic E-state index is -0.538. The maximum Gasteiger partial charge on any atom is 0.225 e. The van der Waals surface area contributed by atoms with Gasteiger partial charge in [-0.3, -0.25) is 4.79 Å². The van der Waals surface area contributed by atoms with Crippen LogP contribution in [0.3, 0.4) is 0 Å². The highest BCUT2D eigenvalue weighted by Gasteiger charge is 2.21. The van der Waals surface area contributed by atoms with Crippen LogP contribution >= 0.6 is 0 Å². The van der Waals surface area contributed by atoms with Crippen LogP contribution in [0, 0.1) is 5.82 Å². The second-order valence-electron chi connectivity index (χ2n) is 5.98. The van der Waals surface area contributed by atoms with E-state index in [1.54, 1.807) is 36.2 Å². The highest BCUT2D eigenvalue weighted by molar-refractivity contribution is 5.79. The Kier molecular flexibility index (Phi) is 5.31. The molecule has 26 heavy (non-hydrogen) atoms. The maximum absolute atomic E-state index is 13.7. The number of amides is 1. The van der Waals surface area contributed by atoms with Crippen LogP contribution in [0.1, 0.15) is 23.0 Å². The summed E-state index contributed by atoms with van der Waals surface area (Å²) in [5.41, 5.74) is 1.47. The molecule has 0 radical (unpaired) electrons. The van der Waals surface area contributed by atoms with Crippen molar-refractivity contribution in [1.82, 2.24) is 14.9 Å². The van der Waals surface area contributed by atoms with Gasteiger partial charge in [-0.15, -0.1) is 0 Å². The number of aromatic nitrogens is 2. The van der Waals surface area contributed by atoms with Gasteiger partial charge in [-0.05, 0) is 35.4 Å². The summed E-state index contributed by atoms with van der Waals surface area (Å²) in [6, 6.07) is 13.0. The third-order valence-corrected chi connectivity index (χ3v) is 4.10. The summed E-state index contributed by atoms with van der Waals surface area (Å²) in [6.45, 7) is 0. The predicted octanol–water partition coefficient (Wildman–Crippen LogP) is 3.02. The molecule has 134 valence electrons. The Bertz CT molecular complexity index is 907. The van der Waals surface area contributed by atoms with E-state index in [0.29, 0.717) is 17.1 Å². The van der Waals surface area contributed by atoms with Crippen molar-refractivity contribution in [3.63, 3.8) is 0 Å². The van der Waals surface area contributed by atoms with E-state index in [1.165, 1.54) is 12.1 Å². The zero-order chi connectivity index (χ0) is 18.5. The van der Waals surface area contributed by atoms with E-state index in [0.717, 1.165) is 5.56 Å². The quantitative estimate of drug-likeness (QED) is 0.741. The number of carbonyl (C=O) groups is 1. The van der Waals surface area contributed by atoms with E-state index in [2.05, 4.69) is 10.3 Å². The fourth-order valence-electron chi connectivity index (χ4n) is 2.82. The van der Waals surface area contributed by atoms with E-state index in [-0.39, 0.29) is 18.1 Å². The topological polar surface area (TPSA) is 56.1 Å². The van der Waals surface area contributed by atoms with Crippen molar-refractivity contribution in [3.8, 4) is 5.75 Å². The monoisotopic (exact) mass is 353 g/mol. The zero-order valence-electron chi connectivity index (χ0n) is 14.6. The molecule has 5 nitrogen and oxygen atoms in total. The highest BCUT2D eigenvalue weighted by Crippen LogP contribution is 2.22. The largest absolute Gasteiger partial charge is 0.497 e. The third kappa shape index (κ3) is 4.08. The number of ether oxygens (including phenoxy) is 1. The van der Waals surface area contributed by atoms with Crippen molar-refractivity contribution < 1.29 is 13.9 Å². The molecule has 1 heterocycles. The number of imidazole rings is 1. The van der Waals surface area contributed by atoms with E-state index in [9.17, 15) is 9.18 Å². The number of rotatable bonds is 6. The maximum atomic E-state index is 13.7. The summed E-state index contributed by atoms with van der Waals surface area (Å²) in [5, 5.41) is 2.96. The van der Waals surface area contributed by atoms with Gasteiger partial charge in [0.1, 0.15) is 23.4 Å². The number of benzene rings is 2. The second-order valence-corrected chi connectivity index (χ2v) is 5.98. The first kappa shape index (κ1) is 17.7. The number of nitrogens with zero attached hydrogens (tertiary/aromatic N) is 2. The van der Waals surface area contributed by atoms with E-state index in [4.69, 9.17) is 4.74 Å². The van der Waals surface area contributed by atoms with Crippen LogP contribution in [0.5, 0.6) is 5.75 Å². The molecule has 0 saturated heterocycles. The van der Waals surface area contributed by atoms with Crippen molar-refractivity contribution in [2.24, 2.45) is 7.05 Å². The lowest BCUT2D eigenvalue weighted by Crippen LogP contribution is -2.32. The number of aryl methyl sites for hydroxylation is 1. The minimum absolute atomic E-state index is 0.185. The molecule has 0 bridgehead atoms. The Morgan fingerprint density at radius 3 is 2.77 bits per heavy atom. The van der Waals surface area contributed by atoms with Gasteiger partial charge in [0.2, 0.25) is 5.91 Å². The Balaban J connectivity index is 1.83. The van der Waals surface area contributed by atoms with E-state index < -0.39 is 6.04 Å². The Labute approximate surface area is 151 Å². The number of methoxy groups -OCH3 is 1. The smallest absolute Gasteiger partial charge is 0.225 e. The van der Waals surface area contributed by atoms with Crippen LogP contribution in [0.4, 0.5) is 4.39 Å². The lowest BCUT2D eigenvalue weighted by Gasteiger charge is -2.19. The Morgan fingerprint density at radius 1 is 1.27 bits per heavy atom. The van der Waals surface area contributed by atoms with Gasteiger partial charge in [0, 0.05) is 19.4 Å². The van der Waals surface area contributed by atoms with Crippen LogP contribution in [-0.4, -0.2) is 22.6 Å². The molecule has 0 fully saturated rings. The van der Waals surface area contributed by atoms with Gasteiger partial charge in [-0.25, -0.2) is 9.37 Å². The number of hydrogen-bond donors (Lipinski definition) is 1. The summed E-state index contributed by atoms with van der Waals surface area (Å²) >= 11 is 0. The summed E-state index contributed by atoms with van der Waals surface area (Å²) in [6.07, 6.45) is 3.62. The first-order valence-corrected chi connectivity index (χ1v) is 8.22. The molecule has 0 aliphatic rings. The number of carbonyl (C=O) groups excluding carboxylic acids is 1. The van der Waals surface area contributed by atoms with Crippen molar-refractivity contribution in [2.75, 3.05) is 7.11 Å². The summed E-state index contributed by atoms with van der Waals surface area (Å²) in [5.74, 6) is 0.787. The second kappa shape index (κ2) is 7.82. The van der Waals surface area contributed by atoms with Gasteiger partial charge in [0.15, 0.2) is 0 Å². The van der Waals surface area contributed by atoms with Crippen molar-refractivity contribution in [3.05, 3.63) is 83.7 Å². The SMILES string of the molecule is COc1cccc(CC(=O)NC(c2cccc(F)c2)c2nccn2C)c1. The van der Waals surface area contributed by atoms with Gasteiger partial charge >= 0.3 is 0 Å². The fraction of sp³-hybridized carbons (Fsp3) is 0.200. The normalized spacial score (nSPS) is 11.8. The molecule has 1 unspecified atom stereocenters. The van der Waals surface area contributed by atoms with E-state index >= 15 is 0 Å². The average molecular weight is 353 g/mol. The molecule has 0 spiro atoms. The van der Waals surface area contributed by atoms with E-state index in [1.807, 2.05) is 31.3 Å². The molecule has 0 saturated carbocycles. The first-order chi connectivity index (χ1) is 12.6. The summed E-state index contributed by atoms with van der Waals surface area (Å²) in [4.78, 5) is 16.9. The van der Waals surface area contributed by atoms with Gasteiger partial charge in [-0.1, -0.05) is 24.3 Å². The lowest BCUT2D eigenvalue weighted by molar-refractivity contribution is -0.121. The third-order valence-electron chi connectivity index (χ3n) is 4.10. The van der Waals surface area contributed by atoms with Crippen LogP contribution < -0.4 is 10.1 Å². The molecule has 1 atom stereocenters. The molecule has 1 aromatic heterocycles. The summed E-state index contributed by atoms with van der Waals surface area (Å²) < 4.78 is 20.7. The van der Waals surface area contributed by atoms with Crippen LogP contribution in [0.2, 0.25) is 0 Å². The Hall–Kier alpha value is -3.15. The average Bonchev–Trinajstić information content (AvgIpc) is 3.05. The van der Waals surface area contributed by atoms with Crippen LogP contribution in [-0.2, 0) is 18.3 Å². The van der Waals surface area contributed by atoms with Gasteiger partial charge < -0.3 is 14.6 Å². The predicted molar refractivity (Wildman–Crippen MR) is 96.3 cm³/mol. The molecule has 2 aromatic carbocycles. The van der Waals surface area contributed by atoms with Crippen molar-refractivity contribution in [2.45, 2.75) is 12.5 Å². The first-order valence-electron chi connectivity index (χ1n) is 8.22. The highest BCUT2D eigenvalue weighted by atomic mass is 19.1. The van der Waals surface area contributed by atoms with Gasteiger partial charge in [0.05, 0.1) is 13.5 Å². The number of nitrogens with one attached hydrogen (secondary N) is 1. The lowest BCUT2D eigenvalue weighted by atomic mass is 10.0. The standard InChI is InChI=1S/C20H20FN3O2/c1-24-10-9-22-20(24)19(15-6-4-7-16(21)13-15)23-18(25)12-14-5-3-8-17(11-14)26-2/h3-11,13,19H,12H2,1-2H3,(H,23,25). The zero-order valence-corrected chi connectivity index (χ0v) is 14.6. The summed E-state index contributed by atoms with van der Waals surface area (Å²) in [7, 11) is 3.42.